The average Bonchev–Trinajstić information content (AvgIpc) is 2.62. The fraction of sp³-hybridized carbons (Fsp3) is 0.625. The van der Waals surface area contributed by atoms with E-state index in [1.54, 1.807) is 17.5 Å². The monoisotopic (exact) mass is 253 g/mol. The summed E-state index contributed by atoms with van der Waals surface area (Å²) in [6.07, 6.45) is 2.80. The molecule has 14 heavy (non-hydrogen) atoms. The minimum Gasteiger partial charge on any atom is -0.326 e. The highest BCUT2D eigenvalue weighted by atomic mass is 35.5. The first kappa shape index (κ1) is 12.2. The maximum Gasteiger partial charge on any atom is 0.113 e. The molecule has 2 heterocycles. The predicted octanol–water partition coefficient (Wildman–Crippen LogP) is 1.75. The quantitative estimate of drug-likeness (QED) is 0.874. The van der Waals surface area contributed by atoms with Crippen molar-refractivity contribution in [2.24, 2.45) is 5.73 Å². The van der Waals surface area contributed by atoms with Gasteiger partial charge in [-0.3, -0.25) is 4.90 Å². The van der Waals surface area contributed by atoms with Crippen LogP contribution in [0.25, 0.3) is 0 Å². The molecule has 1 aromatic heterocycles. The first-order chi connectivity index (χ1) is 6.24. The topological polar surface area (TPSA) is 42.1 Å². The van der Waals surface area contributed by atoms with E-state index in [9.17, 15) is 0 Å². The molecule has 80 valence electrons. The molecule has 0 aliphatic carbocycles. The van der Waals surface area contributed by atoms with E-state index in [1.807, 2.05) is 0 Å². The summed E-state index contributed by atoms with van der Waals surface area (Å²) in [5.41, 5.74) is 5.80. The van der Waals surface area contributed by atoms with Gasteiger partial charge in [-0.1, -0.05) is 11.6 Å². The van der Waals surface area contributed by atoms with Crippen molar-refractivity contribution in [2.45, 2.75) is 19.0 Å². The molecule has 6 heteroatoms. The Bertz CT molecular complexity index is 292. The van der Waals surface area contributed by atoms with E-state index < -0.39 is 0 Å². The molecular weight excluding hydrogens is 241 g/mol. The summed E-state index contributed by atoms with van der Waals surface area (Å²) in [4.78, 5) is 6.53. The molecule has 1 aliphatic heterocycles. The number of likely N-dealkylation sites (tertiary alicyclic amines) is 1. The van der Waals surface area contributed by atoms with Crippen LogP contribution in [0.3, 0.4) is 0 Å². The molecule has 3 nitrogen and oxygen atoms in total. The van der Waals surface area contributed by atoms with Gasteiger partial charge in [-0.2, -0.15) is 0 Å². The van der Waals surface area contributed by atoms with Gasteiger partial charge in [-0.05, 0) is 6.42 Å². The third-order valence-corrected chi connectivity index (χ3v) is 3.29. The number of aromatic nitrogens is 1. The van der Waals surface area contributed by atoms with Crippen molar-refractivity contribution in [3.8, 4) is 0 Å². The Hall–Kier alpha value is 0.130. The number of rotatable bonds is 2. The zero-order valence-electron chi connectivity index (χ0n) is 7.65. The van der Waals surface area contributed by atoms with Gasteiger partial charge in [-0.25, -0.2) is 4.98 Å². The Labute approximate surface area is 98.7 Å². The second kappa shape index (κ2) is 5.28. The van der Waals surface area contributed by atoms with Crippen LogP contribution in [0, 0.1) is 0 Å². The Morgan fingerprint density at radius 3 is 3.00 bits per heavy atom. The van der Waals surface area contributed by atoms with E-state index in [-0.39, 0.29) is 12.4 Å². The van der Waals surface area contributed by atoms with Crippen molar-refractivity contribution in [1.29, 1.82) is 0 Å². The van der Waals surface area contributed by atoms with E-state index in [4.69, 9.17) is 17.3 Å². The molecule has 0 radical (unpaired) electrons. The van der Waals surface area contributed by atoms with Crippen LogP contribution < -0.4 is 5.73 Å². The first-order valence-electron chi connectivity index (χ1n) is 4.32. The van der Waals surface area contributed by atoms with E-state index in [0.29, 0.717) is 6.04 Å². The van der Waals surface area contributed by atoms with Crippen molar-refractivity contribution in [3.63, 3.8) is 0 Å². The lowest BCUT2D eigenvalue weighted by molar-refractivity contribution is 0.326. The van der Waals surface area contributed by atoms with E-state index in [1.165, 1.54) is 0 Å². The smallest absolute Gasteiger partial charge is 0.113 e. The van der Waals surface area contributed by atoms with Crippen LogP contribution in [0.2, 0.25) is 4.34 Å². The lowest BCUT2D eigenvalue weighted by atomic mass is 10.3. The summed E-state index contributed by atoms with van der Waals surface area (Å²) in [6, 6.07) is 0.343. The summed E-state index contributed by atoms with van der Waals surface area (Å²) in [7, 11) is 0. The molecule has 0 bridgehead atoms. The predicted molar refractivity (Wildman–Crippen MR) is 62.2 cm³/mol. The summed E-state index contributed by atoms with van der Waals surface area (Å²) >= 11 is 7.33. The van der Waals surface area contributed by atoms with Crippen molar-refractivity contribution < 1.29 is 0 Å². The van der Waals surface area contributed by atoms with Crippen LogP contribution in [0.15, 0.2) is 6.20 Å². The van der Waals surface area contributed by atoms with Crippen molar-refractivity contribution in [1.82, 2.24) is 9.88 Å². The molecular formula is C8H13Cl2N3S. The van der Waals surface area contributed by atoms with Gasteiger partial charge in [0.1, 0.15) is 9.34 Å². The van der Waals surface area contributed by atoms with Crippen LogP contribution >= 0.6 is 35.3 Å². The Morgan fingerprint density at radius 1 is 1.71 bits per heavy atom. The molecule has 1 aliphatic rings. The Balaban J connectivity index is 0.000000980. The van der Waals surface area contributed by atoms with Gasteiger partial charge in [0.15, 0.2) is 0 Å². The first-order valence-corrected chi connectivity index (χ1v) is 5.51. The third kappa shape index (κ3) is 3.07. The van der Waals surface area contributed by atoms with E-state index in [2.05, 4.69) is 9.88 Å². The van der Waals surface area contributed by atoms with Crippen LogP contribution in [0.5, 0.6) is 0 Å². The molecule has 0 saturated carbocycles. The highest BCUT2D eigenvalue weighted by Crippen LogP contribution is 2.20. The van der Waals surface area contributed by atoms with Crippen LogP contribution in [0.4, 0.5) is 0 Å². The molecule has 2 rings (SSSR count). The molecule has 0 spiro atoms. The second-order valence-corrected chi connectivity index (χ2v) is 5.09. The van der Waals surface area contributed by atoms with Gasteiger partial charge >= 0.3 is 0 Å². The molecule has 2 N–H and O–H groups in total. The third-order valence-electron chi connectivity index (χ3n) is 2.19. The SMILES string of the molecule is Cl.NC1CCN(Cc2ncc(Cl)s2)C1. The zero-order chi connectivity index (χ0) is 9.26. The van der Waals surface area contributed by atoms with Gasteiger partial charge in [0, 0.05) is 19.1 Å². The van der Waals surface area contributed by atoms with Crippen LogP contribution in [-0.2, 0) is 6.54 Å². The minimum atomic E-state index is 0. The highest BCUT2D eigenvalue weighted by molar-refractivity contribution is 7.15. The Morgan fingerprint density at radius 2 is 2.50 bits per heavy atom. The summed E-state index contributed by atoms with van der Waals surface area (Å²) in [6.45, 7) is 2.96. The average molecular weight is 254 g/mol. The van der Waals surface area contributed by atoms with Gasteiger partial charge < -0.3 is 5.73 Å². The molecule has 1 atom stereocenters. The Kier molecular flexibility index (Phi) is 4.60. The second-order valence-electron chi connectivity index (χ2n) is 3.34. The standard InChI is InChI=1S/C8H12ClN3S.ClH/c9-7-3-11-8(13-7)5-12-2-1-6(10)4-12;/h3,6H,1-2,4-5,10H2;1H. The molecule has 1 aromatic rings. The van der Waals surface area contributed by atoms with Crippen LogP contribution in [0.1, 0.15) is 11.4 Å². The van der Waals surface area contributed by atoms with Crippen LogP contribution in [-0.4, -0.2) is 29.0 Å². The summed E-state index contributed by atoms with van der Waals surface area (Å²) in [5, 5.41) is 1.08. The maximum atomic E-state index is 5.80. The molecule has 0 amide bonds. The normalized spacial score (nSPS) is 22.3. The van der Waals surface area contributed by atoms with E-state index in [0.717, 1.165) is 35.4 Å². The van der Waals surface area contributed by atoms with Gasteiger partial charge in [0.25, 0.3) is 0 Å². The summed E-state index contributed by atoms with van der Waals surface area (Å²) < 4.78 is 0.762. The number of nitrogens with zero attached hydrogens (tertiary/aromatic N) is 2. The molecule has 1 fully saturated rings. The molecule has 0 aromatic carbocycles. The number of nitrogens with two attached hydrogens (primary N) is 1. The number of hydrogen-bond acceptors (Lipinski definition) is 4. The number of halogens is 2. The van der Waals surface area contributed by atoms with Crippen molar-refractivity contribution >= 4 is 35.3 Å². The van der Waals surface area contributed by atoms with Gasteiger partial charge in [-0.15, -0.1) is 23.7 Å². The molecule has 1 saturated heterocycles. The molecule has 1 unspecified atom stereocenters. The minimum absolute atomic E-state index is 0. The van der Waals surface area contributed by atoms with Crippen molar-refractivity contribution in [3.05, 3.63) is 15.5 Å². The lowest BCUT2D eigenvalue weighted by Gasteiger charge is -2.12. The highest BCUT2D eigenvalue weighted by Gasteiger charge is 2.19. The summed E-state index contributed by atoms with van der Waals surface area (Å²) in [5.74, 6) is 0. The number of thiazole rings is 1. The fourth-order valence-electron chi connectivity index (χ4n) is 1.56. The number of hydrogen-bond donors (Lipinski definition) is 1. The zero-order valence-corrected chi connectivity index (χ0v) is 10.0. The van der Waals surface area contributed by atoms with E-state index >= 15 is 0 Å². The van der Waals surface area contributed by atoms with Crippen molar-refractivity contribution in [2.75, 3.05) is 13.1 Å². The fourth-order valence-corrected chi connectivity index (χ4v) is 2.56. The van der Waals surface area contributed by atoms with Gasteiger partial charge in [0.2, 0.25) is 0 Å². The largest absolute Gasteiger partial charge is 0.326 e. The lowest BCUT2D eigenvalue weighted by Crippen LogP contribution is -2.26. The maximum absolute atomic E-state index is 5.80. The van der Waals surface area contributed by atoms with Gasteiger partial charge in [0.05, 0.1) is 12.7 Å².